The number of hydrogen-bond acceptors (Lipinski definition) is 5. The Morgan fingerprint density at radius 3 is 2.83 bits per heavy atom. The van der Waals surface area contributed by atoms with E-state index in [2.05, 4.69) is 4.99 Å². The minimum absolute atomic E-state index is 0.270. The molecule has 3 rings (SSSR count). The highest BCUT2D eigenvalue weighted by Gasteiger charge is 2.20. The zero-order chi connectivity index (χ0) is 16.7. The lowest BCUT2D eigenvalue weighted by Crippen LogP contribution is -2.18. The van der Waals surface area contributed by atoms with E-state index in [-0.39, 0.29) is 5.69 Å². The van der Waals surface area contributed by atoms with Crippen LogP contribution < -0.4 is 10.4 Å². The van der Waals surface area contributed by atoms with E-state index in [0.29, 0.717) is 31.2 Å². The number of benzene rings is 1. The average molecular weight is 317 g/mol. The molecule has 0 atom stereocenters. The van der Waals surface area contributed by atoms with Crippen molar-refractivity contribution in [2.45, 2.75) is 33.6 Å². The molecule has 1 aromatic carbocycles. The van der Waals surface area contributed by atoms with Crippen molar-refractivity contribution in [2.75, 3.05) is 19.8 Å². The summed E-state index contributed by atoms with van der Waals surface area (Å²) in [5, 5.41) is 0.782. The van der Waals surface area contributed by atoms with E-state index in [4.69, 9.17) is 13.9 Å². The molecule has 1 aromatic heterocycles. The molecule has 0 aliphatic carbocycles. The highest BCUT2D eigenvalue weighted by atomic mass is 16.5. The van der Waals surface area contributed by atoms with Gasteiger partial charge in [-0.25, -0.2) is 9.79 Å². The van der Waals surface area contributed by atoms with Crippen molar-refractivity contribution >= 4 is 22.4 Å². The Labute approximate surface area is 135 Å². The zero-order valence-electron chi connectivity index (χ0n) is 13.9. The number of fused-ring (bicyclic) bond motifs is 3. The van der Waals surface area contributed by atoms with Gasteiger partial charge in [-0.05, 0) is 31.9 Å². The van der Waals surface area contributed by atoms with Gasteiger partial charge in [0.2, 0.25) is 0 Å². The summed E-state index contributed by atoms with van der Waals surface area (Å²) in [6.07, 6.45) is 1.62. The summed E-state index contributed by atoms with van der Waals surface area (Å²) in [5.74, 6) is 0.524. The highest BCUT2D eigenvalue weighted by Crippen LogP contribution is 2.35. The zero-order valence-corrected chi connectivity index (χ0v) is 13.9. The van der Waals surface area contributed by atoms with E-state index in [1.165, 1.54) is 0 Å². The topological polar surface area (TPSA) is 61.0 Å². The van der Waals surface area contributed by atoms with Gasteiger partial charge in [0.05, 0.1) is 11.1 Å². The van der Waals surface area contributed by atoms with Crippen LogP contribution in [-0.4, -0.2) is 25.5 Å². The third kappa shape index (κ3) is 3.99. The van der Waals surface area contributed by atoms with Crippen LogP contribution in [0.1, 0.15) is 33.6 Å². The van der Waals surface area contributed by atoms with E-state index in [1.54, 1.807) is 6.07 Å². The maximum absolute atomic E-state index is 12.0. The minimum Gasteiger partial charge on any atom is -0.484 e. The van der Waals surface area contributed by atoms with E-state index >= 15 is 0 Å². The fraction of sp³-hybridized carbons (Fsp3) is 0.444. The van der Waals surface area contributed by atoms with Crippen LogP contribution in [0.15, 0.2) is 38.5 Å². The largest absolute Gasteiger partial charge is 0.484 e. The first-order valence-electron chi connectivity index (χ1n) is 8.12. The first kappa shape index (κ1) is 17.2. The molecule has 5 heteroatoms. The van der Waals surface area contributed by atoms with Gasteiger partial charge < -0.3 is 13.9 Å². The number of nitrogens with zero attached hydrogens (tertiary/aromatic N) is 1. The second kappa shape index (κ2) is 8.48. The molecule has 0 saturated carbocycles. The second-order valence-electron chi connectivity index (χ2n) is 4.83. The predicted molar refractivity (Wildman–Crippen MR) is 92.1 cm³/mol. The van der Waals surface area contributed by atoms with Crippen LogP contribution in [0.25, 0.3) is 11.0 Å². The molecule has 2 aromatic rings. The van der Waals surface area contributed by atoms with Crippen LogP contribution in [0.2, 0.25) is 0 Å². The van der Waals surface area contributed by atoms with Crippen LogP contribution in [0, 0.1) is 0 Å². The van der Waals surface area contributed by atoms with Crippen molar-refractivity contribution in [3.05, 3.63) is 34.7 Å². The summed E-state index contributed by atoms with van der Waals surface area (Å²) in [4.78, 5) is 16.4. The molecule has 0 bridgehead atoms. The Balaban J connectivity index is 0.000000924. The van der Waals surface area contributed by atoms with Gasteiger partial charge in [0, 0.05) is 13.2 Å². The maximum Gasteiger partial charge on any atom is 0.366 e. The highest BCUT2D eigenvalue weighted by molar-refractivity contribution is 5.95. The van der Waals surface area contributed by atoms with Gasteiger partial charge in [-0.1, -0.05) is 26.0 Å². The molecule has 2 heterocycles. The summed E-state index contributed by atoms with van der Waals surface area (Å²) in [7, 11) is 0. The minimum atomic E-state index is -0.453. The molecular weight excluding hydrogens is 294 g/mol. The summed E-state index contributed by atoms with van der Waals surface area (Å²) in [6, 6.07) is 7.32. The number of ether oxygens (including phenoxy) is 2. The summed E-state index contributed by atoms with van der Waals surface area (Å²) >= 11 is 0. The Hall–Kier alpha value is -2.14. The third-order valence-electron chi connectivity index (χ3n) is 3.35. The van der Waals surface area contributed by atoms with E-state index in [1.807, 2.05) is 39.0 Å². The van der Waals surface area contributed by atoms with Crippen molar-refractivity contribution in [3.63, 3.8) is 0 Å². The fourth-order valence-corrected chi connectivity index (χ4v) is 2.35. The standard InChI is InChI=1S/C16H17NO4.C2H6/c1-2-19-9-5-6-11-10-20-15-12-7-3-4-8-13(12)21-16(18)14(15)17-11;1-2/h3-4,7-8H,2,5-6,9-10H2,1H3;1-2H3. The number of rotatable bonds is 5. The summed E-state index contributed by atoms with van der Waals surface area (Å²) in [6.45, 7) is 7.77. The van der Waals surface area contributed by atoms with Crippen molar-refractivity contribution < 1.29 is 13.9 Å². The first-order chi connectivity index (χ1) is 11.3. The molecule has 0 saturated heterocycles. The third-order valence-corrected chi connectivity index (χ3v) is 3.35. The van der Waals surface area contributed by atoms with E-state index < -0.39 is 5.63 Å². The van der Waals surface area contributed by atoms with Gasteiger partial charge in [-0.3, -0.25) is 0 Å². The fourth-order valence-electron chi connectivity index (χ4n) is 2.35. The molecule has 23 heavy (non-hydrogen) atoms. The maximum atomic E-state index is 12.0. The normalized spacial score (nSPS) is 12.7. The quantitative estimate of drug-likeness (QED) is 0.615. The number of para-hydroxylation sites is 1. The molecular formula is C18H23NO4. The van der Waals surface area contributed by atoms with Gasteiger partial charge in [0.25, 0.3) is 0 Å². The van der Waals surface area contributed by atoms with Gasteiger partial charge in [-0.15, -0.1) is 0 Å². The SMILES string of the molecule is CC.CCOCCCC1=Nc2c(c3ccccc3oc2=O)OC1. The molecule has 0 unspecified atom stereocenters. The molecule has 0 amide bonds. The van der Waals surface area contributed by atoms with Crippen molar-refractivity contribution in [2.24, 2.45) is 4.99 Å². The summed E-state index contributed by atoms with van der Waals surface area (Å²) < 4.78 is 16.3. The smallest absolute Gasteiger partial charge is 0.366 e. The van der Waals surface area contributed by atoms with Gasteiger partial charge in [-0.2, -0.15) is 0 Å². The predicted octanol–water partition coefficient (Wildman–Crippen LogP) is 4.10. The van der Waals surface area contributed by atoms with E-state index in [0.717, 1.165) is 23.9 Å². The van der Waals surface area contributed by atoms with Gasteiger partial charge in [0.15, 0.2) is 11.4 Å². The van der Waals surface area contributed by atoms with Crippen LogP contribution in [0.4, 0.5) is 5.69 Å². The van der Waals surface area contributed by atoms with Crippen molar-refractivity contribution in [1.82, 2.24) is 0 Å². The molecule has 1 aliphatic rings. The van der Waals surface area contributed by atoms with Gasteiger partial charge >= 0.3 is 5.63 Å². The van der Waals surface area contributed by atoms with Gasteiger partial charge in [0.1, 0.15) is 12.2 Å². The lowest BCUT2D eigenvalue weighted by Gasteiger charge is -2.17. The van der Waals surface area contributed by atoms with Crippen LogP contribution in [-0.2, 0) is 4.74 Å². The van der Waals surface area contributed by atoms with E-state index in [9.17, 15) is 4.79 Å². The van der Waals surface area contributed by atoms with Crippen LogP contribution >= 0.6 is 0 Å². The van der Waals surface area contributed by atoms with Crippen LogP contribution in [0.3, 0.4) is 0 Å². The van der Waals surface area contributed by atoms with Crippen LogP contribution in [0.5, 0.6) is 5.75 Å². The Bertz CT molecular complexity index is 733. The molecule has 0 radical (unpaired) electrons. The summed E-state index contributed by atoms with van der Waals surface area (Å²) in [5.41, 5.74) is 1.19. The molecule has 0 N–H and O–H groups in total. The Morgan fingerprint density at radius 2 is 2.04 bits per heavy atom. The Kier molecular flexibility index (Phi) is 6.35. The van der Waals surface area contributed by atoms with Crippen molar-refractivity contribution in [3.8, 4) is 5.75 Å². The number of aliphatic imine (C=N–C) groups is 1. The molecule has 5 nitrogen and oxygen atoms in total. The lowest BCUT2D eigenvalue weighted by atomic mass is 10.1. The monoisotopic (exact) mass is 317 g/mol. The molecule has 0 fully saturated rings. The average Bonchev–Trinajstić information content (AvgIpc) is 2.61. The molecule has 1 aliphatic heterocycles. The Morgan fingerprint density at radius 1 is 1.26 bits per heavy atom. The molecule has 0 spiro atoms. The number of hydrogen-bond donors (Lipinski definition) is 0. The first-order valence-corrected chi connectivity index (χ1v) is 8.12. The molecule has 124 valence electrons. The second-order valence-corrected chi connectivity index (χ2v) is 4.83. The van der Waals surface area contributed by atoms with Crippen molar-refractivity contribution in [1.29, 1.82) is 0 Å². The lowest BCUT2D eigenvalue weighted by molar-refractivity contribution is 0.146.